The maximum absolute atomic E-state index is 12.8. The molecule has 0 aliphatic carbocycles. The number of amides is 1. The number of aromatic nitrogens is 2. The van der Waals surface area contributed by atoms with Crippen LogP contribution in [-0.2, 0) is 33.7 Å². The molecule has 1 amide bonds. The number of rotatable bonds is 5. The molecule has 0 fully saturated rings. The molecule has 1 aliphatic rings. The summed E-state index contributed by atoms with van der Waals surface area (Å²) in [5.74, 6) is -0.476. The Morgan fingerprint density at radius 3 is 2.81 bits per heavy atom. The predicted molar refractivity (Wildman–Crippen MR) is 101 cm³/mol. The number of aromatic amines is 1. The van der Waals surface area contributed by atoms with Crippen LogP contribution in [0.1, 0.15) is 23.7 Å². The lowest BCUT2D eigenvalue weighted by Gasteiger charge is -2.30. The Morgan fingerprint density at radius 1 is 1.33 bits per heavy atom. The first kappa shape index (κ1) is 19.2. The number of carbonyl (C=O) groups is 2. The molecule has 1 N–H and O–H groups in total. The van der Waals surface area contributed by atoms with Gasteiger partial charge in [0.1, 0.15) is 0 Å². The van der Waals surface area contributed by atoms with Crippen molar-refractivity contribution < 1.29 is 14.3 Å². The van der Waals surface area contributed by atoms with Crippen LogP contribution in [0.4, 0.5) is 0 Å². The average Bonchev–Trinajstić information content (AvgIpc) is 2.66. The lowest BCUT2D eigenvalue weighted by molar-refractivity contribution is -0.139. The van der Waals surface area contributed by atoms with Crippen LogP contribution in [0, 0.1) is 0 Å². The van der Waals surface area contributed by atoms with Crippen molar-refractivity contribution in [1.82, 2.24) is 14.9 Å². The minimum atomic E-state index is -0.472. The largest absolute Gasteiger partial charge is 0.469 e. The number of hydrogen-bond donors (Lipinski definition) is 1. The average molecular weight is 387 g/mol. The topological polar surface area (TPSA) is 92.4 Å². The number of H-pyrrole nitrogens is 1. The van der Waals surface area contributed by atoms with Gasteiger partial charge in [0.15, 0.2) is 5.16 Å². The third kappa shape index (κ3) is 4.77. The SMILES string of the molecule is COC(=O)Cc1cc(=O)[nH]c(S[C@H](C)C(=O)N2CCc3ccccc3C2)n1. The van der Waals surface area contributed by atoms with Crippen molar-refractivity contribution in [2.24, 2.45) is 0 Å². The first-order valence-electron chi connectivity index (χ1n) is 8.65. The number of nitrogens with one attached hydrogen (secondary N) is 1. The molecule has 1 aliphatic heterocycles. The molecular weight excluding hydrogens is 366 g/mol. The Balaban J connectivity index is 1.68. The molecule has 142 valence electrons. The molecule has 0 bridgehead atoms. The van der Waals surface area contributed by atoms with Crippen LogP contribution >= 0.6 is 11.8 Å². The number of ether oxygens (including phenoxy) is 1. The Hall–Kier alpha value is -2.61. The molecule has 0 radical (unpaired) electrons. The number of carbonyl (C=O) groups excluding carboxylic acids is 2. The monoisotopic (exact) mass is 387 g/mol. The summed E-state index contributed by atoms with van der Waals surface area (Å²) in [6.07, 6.45) is 0.752. The first-order chi connectivity index (χ1) is 13.0. The van der Waals surface area contributed by atoms with Gasteiger partial charge in [-0.3, -0.25) is 14.4 Å². The zero-order chi connectivity index (χ0) is 19.4. The van der Waals surface area contributed by atoms with Crippen molar-refractivity contribution in [2.45, 2.75) is 36.7 Å². The Labute approximate surface area is 161 Å². The summed E-state index contributed by atoms with van der Waals surface area (Å²) >= 11 is 1.18. The molecule has 1 atom stereocenters. The standard InChI is InChI=1S/C19H21N3O4S/c1-12(18(25)22-8-7-13-5-3-4-6-14(13)11-22)27-19-20-15(9-16(23)21-19)10-17(24)26-2/h3-6,9,12H,7-8,10-11H2,1-2H3,(H,20,21,23)/t12-/m1/s1. The van der Waals surface area contributed by atoms with Crippen molar-refractivity contribution in [3.05, 3.63) is 57.5 Å². The predicted octanol–water partition coefficient (Wildman–Crippen LogP) is 1.55. The van der Waals surface area contributed by atoms with Crippen LogP contribution in [0.15, 0.2) is 40.3 Å². The molecule has 2 aromatic rings. The van der Waals surface area contributed by atoms with Crippen LogP contribution in [-0.4, -0.2) is 45.6 Å². The van der Waals surface area contributed by atoms with Gasteiger partial charge in [0.25, 0.3) is 5.56 Å². The van der Waals surface area contributed by atoms with Crippen molar-refractivity contribution in [2.75, 3.05) is 13.7 Å². The molecule has 0 spiro atoms. The highest BCUT2D eigenvalue weighted by atomic mass is 32.2. The second-order valence-corrected chi connectivity index (χ2v) is 7.66. The number of benzene rings is 1. The number of esters is 1. The van der Waals surface area contributed by atoms with Crippen molar-refractivity contribution in [3.8, 4) is 0 Å². The molecule has 0 unspecified atom stereocenters. The summed E-state index contributed by atoms with van der Waals surface area (Å²) in [5.41, 5.74) is 2.40. The van der Waals surface area contributed by atoms with Crippen LogP contribution in [0.25, 0.3) is 0 Å². The smallest absolute Gasteiger partial charge is 0.311 e. The van der Waals surface area contributed by atoms with Gasteiger partial charge in [0.05, 0.1) is 24.5 Å². The zero-order valence-electron chi connectivity index (χ0n) is 15.2. The van der Waals surface area contributed by atoms with Crippen LogP contribution in [0.2, 0.25) is 0 Å². The Kier molecular flexibility index (Phi) is 5.95. The number of hydrogen-bond acceptors (Lipinski definition) is 6. The van der Waals surface area contributed by atoms with E-state index >= 15 is 0 Å². The molecule has 8 heteroatoms. The second-order valence-electron chi connectivity index (χ2n) is 6.33. The second kappa shape index (κ2) is 8.39. The van der Waals surface area contributed by atoms with E-state index in [9.17, 15) is 14.4 Å². The highest BCUT2D eigenvalue weighted by Crippen LogP contribution is 2.24. The van der Waals surface area contributed by atoms with Gasteiger partial charge in [-0.15, -0.1) is 0 Å². The maximum atomic E-state index is 12.8. The fourth-order valence-corrected chi connectivity index (χ4v) is 3.92. The van der Waals surface area contributed by atoms with Crippen LogP contribution in [0.3, 0.4) is 0 Å². The molecule has 7 nitrogen and oxygen atoms in total. The Morgan fingerprint density at radius 2 is 2.07 bits per heavy atom. The van der Waals surface area contributed by atoms with Crippen molar-refractivity contribution >= 4 is 23.6 Å². The summed E-state index contributed by atoms with van der Waals surface area (Å²) in [6, 6.07) is 9.39. The number of methoxy groups -OCH3 is 1. The summed E-state index contributed by atoms with van der Waals surface area (Å²) in [4.78, 5) is 44.7. The highest BCUT2D eigenvalue weighted by molar-refractivity contribution is 8.00. The Bertz CT molecular complexity index is 912. The zero-order valence-corrected chi connectivity index (χ0v) is 16.0. The van der Waals surface area contributed by atoms with E-state index in [1.807, 2.05) is 23.1 Å². The lowest BCUT2D eigenvalue weighted by atomic mass is 10.00. The van der Waals surface area contributed by atoms with E-state index in [1.165, 1.54) is 36.1 Å². The van der Waals surface area contributed by atoms with E-state index < -0.39 is 11.2 Å². The molecule has 0 saturated carbocycles. The minimum absolute atomic E-state index is 0.00415. The van der Waals surface area contributed by atoms with Gasteiger partial charge in [-0.05, 0) is 24.5 Å². The molecule has 0 saturated heterocycles. The van der Waals surface area contributed by atoms with E-state index in [-0.39, 0.29) is 17.9 Å². The highest BCUT2D eigenvalue weighted by Gasteiger charge is 2.25. The van der Waals surface area contributed by atoms with Gasteiger partial charge >= 0.3 is 5.97 Å². The summed E-state index contributed by atoms with van der Waals surface area (Å²) in [7, 11) is 1.28. The van der Waals surface area contributed by atoms with Gasteiger partial charge < -0.3 is 14.6 Å². The summed E-state index contributed by atoms with van der Waals surface area (Å²) < 4.78 is 4.60. The molecule has 27 heavy (non-hydrogen) atoms. The quantitative estimate of drug-likeness (QED) is 0.475. The third-order valence-corrected chi connectivity index (χ3v) is 5.38. The van der Waals surface area contributed by atoms with Gasteiger partial charge in [-0.2, -0.15) is 0 Å². The molecule has 2 heterocycles. The van der Waals surface area contributed by atoms with E-state index in [2.05, 4.69) is 20.8 Å². The van der Waals surface area contributed by atoms with Gasteiger partial charge in [-0.1, -0.05) is 36.0 Å². The molecule has 3 rings (SSSR count). The minimum Gasteiger partial charge on any atom is -0.469 e. The fraction of sp³-hybridized carbons (Fsp3) is 0.368. The summed E-state index contributed by atoms with van der Waals surface area (Å²) in [6.45, 7) is 3.06. The molecule has 1 aromatic carbocycles. The van der Waals surface area contributed by atoms with Crippen molar-refractivity contribution in [1.29, 1.82) is 0 Å². The van der Waals surface area contributed by atoms with Crippen molar-refractivity contribution in [3.63, 3.8) is 0 Å². The molecular formula is C19H21N3O4S. The van der Waals surface area contributed by atoms with Gasteiger partial charge in [0.2, 0.25) is 5.91 Å². The number of nitrogens with zero attached hydrogens (tertiary/aromatic N) is 2. The van der Waals surface area contributed by atoms with Gasteiger partial charge in [0, 0.05) is 19.2 Å². The van der Waals surface area contributed by atoms with Crippen LogP contribution in [0.5, 0.6) is 0 Å². The van der Waals surface area contributed by atoms with E-state index in [1.54, 1.807) is 6.92 Å². The number of fused-ring (bicyclic) bond motifs is 1. The normalized spacial score (nSPS) is 14.4. The third-order valence-electron chi connectivity index (χ3n) is 4.40. The lowest BCUT2D eigenvalue weighted by Crippen LogP contribution is -2.40. The van der Waals surface area contributed by atoms with E-state index in [0.29, 0.717) is 23.9 Å². The summed E-state index contributed by atoms with van der Waals surface area (Å²) in [5, 5.41) is -0.0912. The van der Waals surface area contributed by atoms with Crippen LogP contribution < -0.4 is 5.56 Å². The van der Waals surface area contributed by atoms with Gasteiger partial charge in [-0.25, -0.2) is 4.98 Å². The maximum Gasteiger partial charge on any atom is 0.311 e. The van der Waals surface area contributed by atoms with E-state index in [0.717, 1.165) is 6.42 Å². The first-order valence-corrected chi connectivity index (χ1v) is 9.53. The van der Waals surface area contributed by atoms with E-state index in [4.69, 9.17) is 0 Å². The fourth-order valence-electron chi connectivity index (χ4n) is 3.01. The molecule has 1 aromatic heterocycles. The number of thioether (sulfide) groups is 1.